The molecule has 0 radical (unpaired) electrons. The molecule has 0 unspecified atom stereocenters. The van der Waals surface area contributed by atoms with Crippen molar-refractivity contribution >= 4 is 35.0 Å². The molecule has 9 heteroatoms. The number of benzene rings is 3. The molecule has 3 aromatic carbocycles. The molecular weight excluding hydrogens is 514 g/mol. The standard InChI is InChI=1S/C30H25N3O5S/c1-18-8-12-21(13-9-18)27-26(28(36)32-22-6-4-3-5-7-22)19(2)31-30-33(27)29(37)24(39-30)16-20-10-14-23(15-11-20)38-17-25(34)35/h3-16,27H,17H2,1-2H3,(H,32,36)(H,34,35)/b24-16-/t27-/m0/s1. The van der Waals surface area contributed by atoms with Crippen LogP contribution in [0.1, 0.15) is 29.7 Å². The summed E-state index contributed by atoms with van der Waals surface area (Å²) in [6, 6.07) is 23.1. The number of anilines is 1. The number of carbonyl (C=O) groups excluding carboxylic acids is 1. The fourth-order valence-electron chi connectivity index (χ4n) is 4.35. The van der Waals surface area contributed by atoms with E-state index in [1.54, 1.807) is 41.8 Å². The van der Waals surface area contributed by atoms with E-state index in [2.05, 4.69) is 10.3 Å². The molecule has 1 aromatic heterocycles. The van der Waals surface area contributed by atoms with E-state index in [4.69, 9.17) is 9.84 Å². The average Bonchev–Trinajstić information content (AvgIpc) is 3.22. The monoisotopic (exact) mass is 539 g/mol. The number of rotatable bonds is 7. The lowest BCUT2D eigenvalue weighted by Gasteiger charge is -2.25. The van der Waals surface area contributed by atoms with Gasteiger partial charge in [0.05, 0.1) is 21.8 Å². The quantitative estimate of drug-likeness (QED) is 0.373. The molecule has 196 valence electrons. The minimum Gasteiger partial charge on any atom is -0.482 e. The SMILES string of the molecule is CC1=C(C(=O)Nc2ccccc2)[C@H](c2ccc(C)cc2)n2c(s/c(=C\c3ccc(OCC(=O)O)cc3)c2=O)=N1. The van der Waals surface area contributed by atoms with Crippen molar-refractivity contribution in [3.05, 3.63) is 127 Å². The van der Waals surface area contributed by atoms with Crippen LogP contribution in [0.15, 0.2) is 99.9 Å². The predicted molar refractivity (Wildman–Crippen MR) is 150 cm³/mol. The zero-order chi connectivity index (χ0) is 27.5. The Labute approximate surface area is 227 Å². The van der Waals surface area contributed by atoms with Gasteiger partial charge in [0.15, 0.2) is 11.4 Å². The van der Waals surface area contributed by atoms with Crippen LogP contribution in [0.25, 0.3) is 6.08 Å². The van der Waals surface area contributed by atoms with Crippen molar-refractivity contribution in [3.8, 4) is 5.75 Å². The molecule has 2 heterocycles. The zero-order valence-corrected chi connectivity index (χ0v) is 22.1. The summed E-state index contributed by atoms with van der Waals surface area (Å²) in [5, 5.41) is 11.7. The first-order valence-corrected chi connectivity index (χ1v) is 13.0. The highest BCUT2D eigenvalue weighted by Crippen LogP contribution is 2.31. The maximum atomic E-state index is 13.8. The minimum atomic E-state index is -1.06. The molecular formula is C30H25N3O5S. The van der Waals surface area contributed by atoms with Gasteiger partial charge >= 0.3 is 5.97 Å². The number of hydrogen-bond donors (Lipinski definition) is 2. The second-order valence-electron chi connectivity index (χ2n) is 9.06. The number of thiazole rings is 1. The van der Waals surface area contributed by atoms with Crippen LogP contribution in [0.5, 0.6) is 5.75 Å². The molecule has 0 fully saturated rings. The molecule has 1 atom stereocenters. The van der Waals surface area contributed by atoms with Crippen molar-refractivity contribution in [2.24, 2.45) is 4.99 Å². The molecule has 0 aliphatic carbocycles. The van der Waals surface area contributed by atoms with Crippen LogP contribution in [0, 0.1) is 6.92 Å². The highest BCUT2D eigenvalue weighted by Gasteiger charge is 2.32. The highest BCUT2D eigenvalue weighted by molar-refractivity contribution is 7.07. The van der Waals surface area contributed by atoms with E-state index in [1.165, 1.54) is 11.3 Å². The minimum absolute atomic E-state index is 0.256. The molecule has 39 heavy (non-hydrogen) atoms. The number of allylic oxidation sites excluding steroid dienone is 1. The maximum Gasteiger partial charge on any atom is 0.341 e. The summed E-state index contributed by atoms with van der Waals surface area (Å²) in [5.74, 6) is -0.963. The normalized spacial score (nSPS) is 14.9. The molecule has 5 rings (SSSR count). The number of carbonyl (C=O) groups is 2. The van der Waals surface area contributed by atoms with Crippen LogP contribution >= 0.6 is 11.3 Å². The van der Waals surface area contributed by atoms with Crippen LogP contribution in [-0.2, 0) is 9.59 Å². The van der Waals surface area contributed by atoms with Gasteiger partial charge in [0.2, 0.25) is 0 Å². The first-order chi connectivity index (χ1) is 18.8. The number of carboxylic acids is 1. The molecule has 1 amide bonds. The van der Waals surface area contributed by atoms with Crippen molar-refractivity contribution < 1.29 is 19.4 Å². The molecule has 2 N–H and O–H groups in total. The van der Waals surface area contributed by atoms with Gasteiger partial charge in [0.1, 0.15) is 5.75 Å². The van der Waals surface area contributed by atoms with E-state index in [0.717, 1.165) is 16.7 Å². The lowest BCUT2D eigenvalue weighted by Crippen LogP contribution is -2.40. The van der Waals surface area contributed by atoms with Gasteiger partial charge in [-0.1, -0.05) is 71.5 Å². The number of aryl methyl sites for hydroxylation is 1. The predicted octanol–water partition coefficient (Wildman–Crippen LogP) is 3.65. The number of nitrogens with one attached hydrogen (secondary N) is 1. The number of aromatic nitrogens is 1. The molecule has 0 spiro atoms. The summed E-state index contributed by atoms with van der Waals surface area (Å²) in [5.41, 5.74) is 3.96. The molecule has 1 aliphatic heterocycles. The third-order valence-corrected chi connectivity index (χ3v) is 7.21. The second-order valence-corrected chi connectivity index (χ2v) is 10.1. The van der Waals surface area contributed by atoms with Crippen molar-refractivity contribution in [3.63, 3.8) is 0 Å². The first-order valence-electron chi connectivity index (χ1n) is 12.2. The van der Waals surface area contributed by atoms with Gasteiger partial charge < -0.3 is 15.2 Å². The summed E-state index contributed by atoms with van der Waals surface area (Å²) in [6.45, 7) is 3.34. The number of carboxylic acid groups (broad SMARTS) is 1. The zero-order valence-electron chi connectivity index (χ0n) is 21.3. The van der Waals surface area contributed by atoms with Gasteiger partial charge in [-0.2, -0.15) is 0 Å². The van der Waals surface area contributed by atoms with E-state index >= 15 is 0 Å². The molecule has 1 aliphatic rings. The smallest absolute Gasteiger partial charge is 0.341 e. The second kappa shape index (κ2) is 10.9. The summed E-state index contributed by atoms with van der Waals surface area (Å²) in [4.78, 5) is 43.3. The molecule has 0 saturated carbocycles. The van der Waals surface area contributed by atoms with E-state index in [-0.39, 0.29) is 11.5 Å². The van der Waals surface area contributed by atoms with Crippen molar-refractivity contribution in [1.82, 2.24) is 4.57 Å². The number of nitrogens with zero attached hydrogens (tertiary/aromatic N) is 2. The molecule has 8 nitrogen and oxygen atoms in total. The average molecular weight is 540 g/mol. The molecule has 4 aromatic rings. The fraction of sp³-hybridized carbons (Fsp3) is 0.133. The van der Waals surface area contributed by atoms with E-state index in [1.807, 2.05) is 61.5 Å². The first kappa shape index (κ1) is 25.9. The fourth-order valence-corrected chi connectivity index (χ4v) is 5.40. The van der Waals surface area contributed by atoms with Crippen molar-refractivity contribution in [1.29, 1.82) is 0 Å². The third-order valence-electron chi connectivity index (χ3n) is 6.23. The number of ether oxygens (including phenoxy) is 1. The lowest BCUT2D eigenvalue weighted by molar-refractivity contribution is -0.139. The van der Waals surface area contributed by atoms with Crippen LogP contribution < -0.4 is 24.9 Å². The topological polar surface area (TPSA) is 110 Å². The van der Waals surface area contributed by atoms with Gasteiger partial charge in [0.25, 0.3) is 11.5 Å². The van der Waals surface area contributed by atoms with Gasteiger partial charge in [0, 0.05) is 5.69 Å². The van der Waals surface area contributed by atoms with E-state index in [9.17, 15) is 14.4 Å². The number of amides is 1. The number of fused-ring (bicyclic) bond motifs is 1. The Morgan fingerprint density at radius 1 is 1.03 bits per heavy atom. The van der Waals surface area contributed by atoms with Crippen molar-refractivity contribution in [2.45, 2.75) is 19.9 Å². The Kier molecular flexibility index (Phi) is 7.25. The largest absolute Gasteiger partial charge is 0.482 e. The third kappa shape index (κ3) is 5.58. The van der Waals surface area contributed by atoms with Gasteiger partial charge in [-0.3, -0.25) is 14.2 Å². The van der Waals surface area contributed by atoms with E-state index in [0.29, 0.717) is 32.0 Å². The molecule has 0 bridgehead atoms. The Bertz CT molecular complexity index is 1750. The number of para-hydroxylation sites is 1. The van der Waals surface area contributed by atoms with Gasteiger partial charge in [-0.15, -0.1) is 0 Å². The van der Waals surface area contributed by atoms with Crippen LogP contribution in [0.2, 0.25) is 0 Å². The Morgan fingerprint density at radius 3 is 2.38 bits per heavy atom. The number of aliphatic carboxylic acids is 1. The summed E-state index contributed by atoms with van der Waals surface area (Å²) in [7, 11) is 0. The van der Waals surface area contributed by atoms with Crippen LogP contribution in [-0.4, -0.2) is 28.2 Å². The van der Waals surface area contributed by atoms with Crippen molar-refractivity contribution in [2.75, 3.05) is 11.9 Å². The Balaban J connectivity index is 1.58. The highest BCUT2D eigenvalue weighted by atomic mass is 32.1. The Hall–Kier alpha value is -4.76. The lowest BCUT2D eigenvalue weighted by atomic mass is 9.94. The summed E-state index contributed by atoms with van der Waals surface area (Å²) in [6.07, 6.45) is 1.75. The number of hydrogen-bond acceptors (Lipinski definition) is 6. The van der Waals surface area contributed by atoms with Crippen LogP contribution in [0.3, 0.4) is 0 Å². The molecule has 0 saturated heterocycles. The summed E-state index contributed by atoms with van der Waals surface area (Å²) >= 11 is 1.25. The Morgan fingerprint density at radius 2 is 1.72 bits per heavy atom. The van der Waals surface area contributed by atoms with Crippen LogP contribution in [0.4, 0.5) is 5.69 Å². The summed E-state index contributed by atoms with van der Waals surface area (Å²) < 4.78 is 7.23. The van der Waals surface area contributed by atoms with E-state index < -0.39 is 18.6 Å². The maximum absolute atomic E-state index is 13.8. The van der Waals surface area contributed by atoms with Gasteiger partial charge in [-0.05, 0) is 55.3 Å². The van der Waals surface area contributed by atoms with Gasteiger partial charge in [-0.25, -0.2) is 9.79 Å².